The molecule has 5 nitrogen and oxygen atoms in total. The second-order valence-electron chi connectivity index (χ2n) is 6.89. The molecule has 2 atom stereocenters. The van der Waals surface area contributed by atoms with Gasteiger partial charge >= 0.3 is 5.76 Å². The molecule has 0 amide bonds. The van der Waals surface area contributed by atoms with Gasteiger partial charge in [-0.1, -0.05) is 12.8 Å². The van der Waals surface area contributed by atoms with Gasteiger partial charge in [-0.3, -0.25) is 4.90 Å². The lowest BCUT2D eigenvalue weighted by Gasteiger charge is -2.43. The van der Waals surface area contributed by atoms with Gasteiger partial charge in [-0.15, -0.1) is 5.10 Å². The van der Waals surface area contributed by atoms with E-state index in [0.29, 0.717) is 18.3 Å². The third-order valence-corrected chi connectivity index (χ3v) is 5.37. The molecule has 1 aliphatic heterocycles. The molecule has 2 heterocycles. The third kappa shape index (κ3) is 3.02. The van der Waals surface area contributed by atoms with Crippen LogP contribution in [-0.2, 0) is 6.67 Å². The first-order valence-electron chi connectivity index (χ1n) is 8.78. The van der Waals surface area contributed by atoms with Crippen LogP contribution in [0.1, 0.15) is 38.5 Å². The number of aromatic nitrogens is 2. The average molecular weight is 331 g/mol. The molecule has 0 spiro atoms. The quantitative estimate of drug-likeness (QED) is 0.866. The molecule has 6 heteroatoms. The van der Waals surface area contributed by atoms with Gasteiger partial charge in [0.05, 0.1) is 0 Å². The van der Waals surface area contributed by atoms with Crippen LogP contribution < -0.4 is 5.76 Å². The highest BCUT2D eigenvalue weighted by atomic mass is 19.1. The van der Waals surface area contributed by atoms with Crippen LogP contribution in [0.25, 0.3) is 11.5 Å². The van der Waals surface area contributed by atoms with Crippen LogP contribution in [0.15, 0.2) is 33.5 Å². The molecule has 1 aromatic carbocycles. The second-order valence-corrected chi connectivity index (χ2v) is 6.89. The first kappa shape index (κ1) is 15.6. The lowest BCUT2D eigenvalue weighted by Crippen LogP contribution is -2.48. The molecule has 0 bridgehead atoms. The van der Waals surface area contributed by atoms with E-state index < -0.39 is 5.76 Å². The van der Waals surface area contributed by atoms with Crippen LogP contribution in [0.4, 0.5) is 4.39 Å². The molecule has 0 unspecified atom stereocenters. The van der Waals surface area contributed by atoms with Crippen molar-refractivity contribution in [3.05, 3.63) is 40.6 Å². The lowest BCUT2D eigenvalue weighted by atomic mass is 9.78. The molecular weight excluding hydrogens is 309 g/mol. The Bertz CT molecular complexity index is 750. The van der Waals surface area contributed by atoms with Crippen LogP contribution in [0.5, 0.6) is 0 Å². The van der Waals surface area contributed by atoms with Crippen molar-refractivity contribution >= 4 is 0 Å². The molecule has 1 saturated carbocycles. The number of benzene rings is 1. The first-order valence-corrected chi connectivity index (χ1v) is 8.78. The molecule has 2 aliphatic rings. The molecule has 4 rings (SSSR count). The Labute approximate surface area is 140 Å². The number of piperidine rings is 1. The smallest absolute Gasteiger partial charge is 0.388 e. The summed E-state index contributed by atoms with van der Waals surface area (Å²) < 4.78 is 19.7. The number of hydrogen-bond donors (Lipinski definition) is 0. The fourth-order valence-corrected chi connectivity index (χ4v) is 4.18. The van der Waals surface area contributed by atoms with Crippen LogP contribution in [-0.4, -0.2) is 27.3 Å². The number of likely N-dealkylation sites (tertiary alicyclic amines) is 1. The van der Waals surface area contributed by atoms with E-state index in [2.05, 4.69) is 10.00 Å². The predicted octanol–water partition coefficient (Wildman–Crippen LogP) is 3.25. The second kappa shape index (κ2) is 6.51. The van der Waals surface area contributed by atoms with Crippen molar-refractivity contribution in [3.8, 4) is 11.5 Å². The summed E-state index contributed by atoms with van der Waals surface area (Å²) in [5.41, 5.74) is 0.612. The summed E-state index contributed by atoms with van der Waals surface area (Å²) >= 11 is 0. The van der Waals surface area contributed by atoms with Gasteiger partial charge in [0.15, 0.2) is 0 Å². The maximum Gasteiger partial charge on any atom is 0.438 e. The van der Waals surface area contributed by atoms with Gasteiger partial charge in [0, 0.05) is 18.2 Å². The molecule has 1 aromatic heterocycles. The summed E-state index contributed by atoms with van der Waals surface area (Å²) in [5.74, 6) is 0.230. The van der Waals surface area contributed by atoms with E-state index in [1.54, 1.807) is 12.1 Å². The molecule has 0 radical (unpaired) electrons. The van der Waals surface area contributed by atoms with E-state index in [-0.39, 0.29) is 11.7 Å². The number of halogens is 1. The largest absolute Gasteiger partial charge is 0.438 e. The molecule has 24 heavy (non-hydrogen) atoms. The van der Waals surface area contributed by atoms with E-state index in [1.165, 1.54) is 55.3 Å². The Hall–Kier alpha value is -1.95. The van der Waals surface area contributed by atoms with Crippen molar-refractivity contribution in [1.29, 1.82) is 0 Å². The van der Waals surface area contributed by atoms with Crippen LogP contribution in [0, 0.1) is 11.7 Å². The zero-order valence-electron chi connectivity index (χ0n) is 13.7. The van der Waals surface area contributed by atoms with Gasteiger partial charge in [0.2, 0.25) is 5.89 Å². The Morgan fingerprint density at radius 2 is 1.88 bits per heavy atom. The molecule has 2 fully saturated rings. The van der Waals surface area contributed by atoms with E-state index in [4.69, 9.17) is 4.42 Å². The van der Waals surface area contributed by atoms with Gasteiger partial charge in [-0.25, -0.2) is 9.18 Å². The predicted molar refractivity (Wildman–Crippen MR) is 87.8 cm³/mol. The summed E-state index contributed by atoms with van der Waals surface area (Å²) in [6.07, 6.45) is 7.59. The summed E-state index contributed by atoms with van der Waals surface area (Å²) in [4.78, 5) is 14.5. The minimum absolute atomic E-state index is 0.247. The van der Waals surface area contributed by atoms with Crippen LogP contribution >= 0.6 is 0 Å². The SMILES string of the molecule is O=c1oc(-c2ccc(F)cc2)nn1CN1CCC[C@H]2CCCC[C@H]21. The summed E-state index contributed by atoms with van der Waals surface area (Å²) in [6.45, 7) is 1.48. The van der Waals surface area contributed by atoms with Crippen molar-refractivity contribution in [2.75, 3.05) is 6.54 Å². The van der Waals surface area contributed by atoms with Gasteiger partial charge in [-0.05, 0) is 55.9 Å². The lowest BCUT2D eigenvalue weighted by molar-refractivity contribution is 0.0311. The van der Waals surface area contributed by atoms with Gasteiger partial charge in [0.1, 0.15) is 12.5 Å². The van der Waals surface area contributed by atoms with Crippen molar-refractivity contribution < 1.29 is 8.81 Å². The Morgan fingerprint density at radius 3 is 2.71 bits per heavy atom. The van der Waals surface area contributed by atoms with E-state index in [1.807, 2.05) is 0 Å². The molecule has 128 valence electrons. The van der Waals surface area contributed by atoms with E-state index in [9.17, 15) is 9.18 Å². The fraction of sp³-hybridized carbons (Fsp3) is 0.556. The number of hydrogen-bond acceptors (Lipinski definition) is 4. The summed E-state index contributed by atoms with van der Waals surface area (Å²) in [6, 6.07) is 6.38. The Kier molecular flexibility index (Phi) is 4.22. The summed E-state index contributed by atoms with van der Waals surface area (Å²) in [5, 5.41) is 4.31. The fourth-order valence-electron chi connectivity index (χ4n) is 4.18. The van der Waals surface area contributed by atoms with Crippen LogP contribution in [0.2, 0.25) is 0 Å². The molecular formula is C18H22FN3O2. The van der Waals surface area contributed by atoms with E-state index in [0.717, 1.165) is 12.5 Å². The van der Waals surface area contributed by atoms with Crippen molar-refractivity contribution in [2.45, 2.75) is 51.2 Å². The topological polar surface area (TPSA) is 51.3 Å². The van der Waals surface area contributed by atoms with Gasteiger partial charge < -0.3 is 4.42 Å². The first-order chi connectivity index (χ1) is 11.7. The molecule has 1 aliphatic carbocycles. The standard InChI is InChI=1S/C18H22FN3O2/c19-15-9-7-14(8-10-15)17-20-22(18(23)24-17)12-21-11-3-5-13-4-1-2-6-16(13)21/h7-10,13,16H,1-6,11-12H2/t13-,16-/m1/s1. The maximum atomic E-state index is 13.0. The summed E-state index contributed by atoms with van der Waals surface area (Å²) in [7, 11) is 0. The van der Waals surface area contributed by atoms with Crippen LogP contribution in [0.3, 0.4) is 0 Å². The molecule has 0 N–H and O–H groups in total. The molecule has 2 aromatic rings. The highest BCUT2D eigenvalue weighted by molar-refractivity contribution is 5.51. The Morgan fingerprint density at radius 1 is 1.12 bits per heavy atom. The zero-order valence-corrected chi connectivity index (χ0v) is 13.7. The zero-order chi connectivity index (χ0) is 16.5. The van der Waals surface area contributed by atoms with Crippen molar-refractivity contribution in [3.63, 3.8) is 0 Å². The van der Waals surface area contributed by atoms with E-state index >= 15 is 0 Å². The maximum absolute atomic E-state index is 13.0. The minimum atomic E-state index is -0.452. The van der Waals surface area contributed by atoms with Gasteiger partial charge in [-0.2, -0.15) is 4.68 Å². The third-order valence-electron chi connectivity index (χ3n) is 5.37. The number of nitrogens with zero attached hydrogens (tertiary/aromatic N) is 3. The minimum Gasteiger partial charge on any atom is -0.388 e. The average Bonchev–Trinajstić information content (AvgIpc) is 2.97. The normalized spacial score (nSPS) is 24.7. The molecule has 1 saturated heterocycles. The highest BCUT2D eigenvalue weighted by Crippen LogP contribution is 2.35. The van der Waals surface area contributed by atoms with Crippen molar-refractivity contribution in [1.82, 2.24) is 14.7 Å². The number of rotatable bonds is 3. The number of fused-ring (bicyclic) bond motifs is 1. The Balaban J connectivity index is 1.54. The van der Waals surface area contributed by atoms with Crippen molar-refractivity contribution in [2.24, 2.45) is 5.92 Å². The monoisotopic (exact) mass is 331 g/mol. The van der Waals surface area contributed by atoms with Gasteiger partial charge in [0.25, 0.3) is 0 Å². The highest BCUT2D eigenvalue weighted by Gasteiger charge is 2.33.